The molecule has 1 atom stereocenters. The highest BCUT2D eigenvalue weighted by atomic mass is 32.2. The lowest BCUT2D eigenvalue weighted by Gasteiger charge is -2.31. The molecule has 33 heavy (non-hydrogen) atoms. The predicted octanol–water partition coefficient (Wildman–Crippen LogP) is 2.37. The summed E-state index contributed by atoms with van der Waals surface area (Å²) in [5, 5.41) is 6.22. The molecule has 2 aromatic rings. The van der Waals surface area contributed by atoms with Gasteiger partial charge in [-0.05, 0) is 55.2 Å². The molecule has 1 amide bonds. The van der Waals surface area contributed by atoms with Crippen molar-refractivity contribution in [2.75, 3.05) is 49.0 Å². The number of hydrogen-bond donors (Lipinski definition) is 3. The molecule has 1 unspecified atom stereocenters. The van der Waals surface area contributed by atoms with E-state index in [9.17, 15) is 13.2 Å². The number of carbonyl (C=O) groups excluding carboxylic acids is 1. The van der Waals surface area contributed by atoms with E-state index in [4.69, 9.17) is 4.74 Å². The number of hydrogen-bond acceptors (Lipinski definition) is 6. The molecule has 0 aliphatic carbocycles. The van der Waals surface area contributed by atoms with Crippen LogP contribution in [-0.2, 0) is 21.2 Å². The molecule has 2 aliphatic heterocycles. The number of aryl methyl sites for hydroxylation is 1. The standard InChI is InChI=1S/C24H32N4O4S/c1-2-18-5-8-21(9-6-18)33(30,31)27-22-16-19(24(29)26-17-20-4-3-15-32-20)7-10-23(22)28-13-11-25-12-14-28/h5-10,16,20,25,27H,2-4,11-15,17H2,1H3,(H,26,29). The first-order chi connectivity index (χ1) is 16.0. The third-order valence-corrected chi connectivity index (χ3v) is 7.50. The van der Waals surface area contributed by atoms with Gasteiger partial charge in [-0.15, -0.1) is 0 Å². The lowest BCUT2D eigenvalue weighted by molar-refractivity contribution is 0.0858. The first-order valence-electron chi connectivity index (χ1n) is 11.6. The number of nitrogens with one attached hydrogen (secondary N) is 3. The molecule has 3 N–H and O–H groups in total. The van der Waals surface area contributed by atoms with Crippen molar-refractivity contribution in [1.29, 1.82) is 0 Å². The van der Waals surface area contributed by atoms with Gasteiger partial charge in [-0.3, -0.25) is 9.52 Å². The molecule has 0 bridgehead atoms. The van der Waals surface area contributed by atoms with E-state index in [0.717, 1.165) is 63.3 Å². The Balaban J connectivity index is 1.59. The van der Waals surface area contributed by atoms with E-state index in [1.807, 2.05) is 25.1 Å². The van der Waals surface area contributed by atoms with Gasteiger partial charge < -0.3 is 20.3 Å². The van der Waals surface area contributed by atoms with Crippen molar-refractivity contribution in [1.82, 2.24) is 10.6 Å². The third-order valence-electron chi connectivity index (χ3n) is 6.12. The van der Waals surface area contributed by atoms with Crippen molar-refractivity contribution in [2.45, 2.75) is 37.2 Å². The Morgan fingerprint density at radius 3 is 2.58 bits per heavy atom. The van der Waals surface area contributed by atoms with E-state index in [1.54, 1.807) is 24.3 Å². The van der Waals surface area contributed by atoms with E-state index in [0.29, 0.717) is 17.8 Å². The number of sulfonamides is 1. The fraction of sp³-hybridized carbons (Fsp3) is 0.458. The fourth-order valence-corrected chi connectivity index (χ4v) is 5.23. The minimum Gasteiger partial charge on any atom is -0.376 e. The van der Waals surface area contributed by atoms with Crippen LogP contribution in [0.3, 0.4) is 0 Å². The molecule has 2 fully saturated rings. The molecule has 9 heteroatoms. The van der Waals surface area contributed by atoms with Crippen LogP contribution in [0.5, 0.6) is 0 Å². The van der Waals surface area contributed by atoms with Gasteiger partial charge in [0, 0.05) is 44.9 Å². The van der Waals surface area contributed by atoms with E-state index in [1.165, 1.54) is 0 Å². The molecule has 0 aromatic heterocycles. The van der Waals surface area contributed by atoms with Crippen molar-refractivity contribution in [3.05, 3.63) is 53.6 Å². The van der Waals surface area contributed by atoms with Crippen molar-refractivity contribution >= 4 is 27.3 Å². The highest BCUT2D eigenvalue weighted by molar-refractivity contribution is 7.92. The van der Waals surface area contributed by atoms with Crippen LogP contribution in [0.1, 0.15) is 35.7 Å². The van der Waals surface area contributed by atoms with Crippen LogP contribution in [0.4, 0.5) is 11.4 Å². The van der Waals surface area contributed by atoms with Crippen LogP contribution in [0.25, 0.3) is 0 Å². The summed E-state index contributed by atoms with van der Waals surface area (Å²) >= 11 is 0. The van der Waals surface area contributed by atoms with Gasteiger partial charge in [0.15, 0.2) is 0 Å². The Morgan fingerprint density at radius 1 is 1.15 bits per heavy atom. The smallest absolute Gasteiger partial charge is 0.261 e. The molecule has 0 radical (unpaired) electrons. The van der Waals surface area contributed by atoms with Crippen LogP contribution in [0.15, 0.2) is 47.4 Å². The van der Waals surface area contributed by atoms with Gasteiger partial charge >= 0.3 is 0 Å². The highest BCUT2D eigenvalue weighted by Gasteiger charge is 2.22. The maximum Gasteiger partial charge on any atom is 0.261 e. The minimum absolute atomic E-state index is 0.0399. The number of amides is 1. The second-order valence-corrected chi connectivity index (χ2v) is 10.1. The summed E-state index contributed by atoms with van der Waals surface area (Å²) in [5.74, 6) is -0.245. The molecule has 2 heterocycles. The molecular formula is C24H32N4O4S. The Hall–Kier alpha value is -2.62. The van der Waals surface area contributed by atoms with E-state index < -0.39 is 10.0 Å². The van der Waals surface area contributed by atoms with Gasteiger partial charge in [0.25, 0.3) is 15.9 Å². The van der Waals surface area contributed by atoms with Gasteiger partial charge in [-0.1, -0.05) is 19.1 Å². The number of anilines is 2. The normalized spacial score (nSPS) is 18.8. The molecule has 2 saturated heterocycles. The summed E-state index contributed by atoms with van der Waals surface area (Å²) in [7, 11) is -3.81. The van der Waals surface area contributed by atoms with Crippen molar-refractivity contribution in [3.8, 4) is 0 Å². The molecule has 0 spiro atoms. The largest absolute Gasteiger partial charge is 0.376 e. The summed E-state index contributed by atoms with van der Waals surface area (Å²) in [5.41, 5.74) is 2.65. The molecular weight excluding hydrogens is 440 g/mol. The van der Waals surface area contributed by atoms with Gasteiger partial charge in [0.05, 0.1) is 22.4 Å². The number of benzene rings is 2. The van der Waals surface area contributed by atoms with Gasteiger partial charge in [-0.25, -0.2) is 8.42 Å². The monoisotopic (exact) mass is 472 g/mol. The van der Waals surface area contributed by atoms with Crippen LogP contribution in [-0.4, -0.2) is 59.8 Å². The number of ether oxygens (including phenoxy) is 1. The zero-order chi connectivity index (χ0) is 23.3. The molecule has 4 rings (SSSR count). The Morgan fingerprint density at radius 2 is 1.91 bits per heavy atom. The van der Waals surface area contributed by atoms with Crippen LogP contribution < -0.4 is 20.3 Å². The quantitative estimate of drug-likeness (QED) is 0.546. The number of rotatable bonds is 8. The summed E-state index contributed by atoms with van der Waals surface area (Å²) < 4.78 is 34.6. The number of carbonyl (C=O) groups is 1. The van der Waals surface area contributed by atoms with E-state index in [2.05, 4.69) is 20.3 Å². The zero-order valence-electron chi connectivity index (χ0n) is 19.0. The number of nitrogens with zero attached hydrogens (tertiary/aromatic N) is 1. The minimum atomic E-state index is -3.81. The topological polar surface area (TPSA) is 99.8 Å². The van der Waals surface area contributed by atoms with Gasteiger partial charge in [0.2, 0.25) is 0 Å². The van der Waals surface area contributed by atoms with E-state index in [-0.39, 0.29) is 16.9 Å². The second-order valence-electron chi connectivity index (χ2n) is 8.42. The molecule has 2 aromatic carbocycles. The van der Waals surface area contributed by atoms with Crippen LogP contribution >= 0.6 is 0 Å². The summed E-state index contributed by atoms with van der Waals surface area (Å²) in [4.78, 5) is 15.1. The number of piperazine rings is 1. The average molecular weight is 473 g/mol. The maximum atomic E-state index is 13.2. The Labute approximate surface area is 195 Å². The first kappa shape index (κ1) is 23.5. The SMILES string of the molecule is CCc1ccc(S(=O)(=O)Nc2cc(C(=O)NCC3CCCO3)ccc2N2CCNCC2)cc1. The highest BCUT2D eigenvalue weighted by Crippen LogP contribution is 2.30. The lowest BCUT2D eigenvalue weighted by atomic mass is 10.1. The average Bonchev–Trinajstić information content (AvgIpc) is 3.36. The van der Waals surface area contributed by atoms with Gasteiger partial charge in [0.1, 0.15) is 0 Å². The second kappa shape index (κ2) is 10.5. The Bertz CT molecular complexity index is 1060. The molecule has 2 aliphatic rings. The van der Waals surface area contributed by atoms with E-state index >= 15 is 0 Å². The third kappa shape index (κ3) is 5.85. The van der Waals surface area contributed by atoms with Crippen molar-refractivity contribution < 1.29 is 17.9 Å². The first-order valence-corrected chi connectivity index (χ1v) is 13.1. The maximum absolute atomic E-state index is 13.2. The lowest BCUT2D eigenvalue weighted by Crippen LogP contribution is -2.43. The summed E-state index contributed by atoms with van der Waals surface area (Å²) in [6.45, 7) is 6.34. The predicted molar refractivity (Wildman–Crippen MR) is 129 cm³/mol. The fourth-order valence-electron chi connectivity index (χ4n) is 4.16. The molecule has 178 valence electrons. The van der Waals surface area contributed by atoms with Crippen LogP contribution in [0.2, 0.25) is 0 Å². The molecule has 0 saturated carbocycles. The van der Waals surface area contributed by atoms with Gasteiger partial charge in [-0.2, -0.15) is 0 Å². The molecule has 8 nitrogen and oxygen atoms in total. The Kier molecular flexibility index (Phi) is 7.52. The van der Waals surface area contributed by atoms with Crippen molar-refractivity contribution in [3.63, 3.8) is 0 Å². The zero-order valence-corrected chi connectivity index (χ0v) is 19.8. The van der Waals surface area contributed by atoms with Crippen LogP contribution in [0, 0.1) is 0 Å². The summed E-state index contributed by atoms with van der Waals surface area (Å²) in [6, 6.07) is 12.1. The van der Waals surface area contributed by atoms with Crippen molar-refractivity contribution in [2.24, 2.45) is 0 Å². The summed E-state index contributed by atoms with van der Waals surface area (Å²) in [6.07, 6.45) is 2.82.